The van der Waals surface area contributed by atoms with Gasteiger partial charge in [-0.15, -0.1) is 0 Å². The standard InChI is InChI=1S/C27H42N6O3/c28-19-1-7-22(8-2-19)31-25(34)16-13-17(26(35)32-23-9-3-20(29)4-10-23)15-18(14-16)27(36)33-24-11-5-21(30)6-12-24/h13-15,19-24H,1-12,28-30H2,(H,31,34)(H,32,35)(H,33,36). The Morgan fingerprint density at radius 2 is 0.694 bits per heavy atom. The molecule has 0 spiro atoms. The van der Waals surface area contributed by atoms with Crippen molar-refractivity contribution in [2.24, 2.45) is 17.2 Å². The van der Waals surface area contributed by atoms with E-state index in [2.05, 4.69) is 16.0 Å². The first-order chi connectivity index (χ1) is 17.3. The average molecular weight is 499 g/mol. The number of hydrogen-bond donors (Lipinski definition) is 6. The molecule has 1 aromatic carbocycles. The van der Waals surface area contributed by atoms with E-state index in [1.807, 2.05) is 0 Å². The summed E-state index contributed by atoms with van der Waals surface area (Å²) in [5.41, 5.74) is 19.0. The second-order valence-electron chi connectivity index (χ2n) is 11.1. The third-order valence-corrected chi connectivity index (χ3v) is 8.04. The Morgan fingerprint density at radius 1 is 0.472 bits per heavy atom. The van der Waals surface area contributed by atoms with Crippen molar-refractivity contribution in [1.82, 2.24) is 16.0 Å². The van der Waals surface area contributed by atoms with Crippen molar-refractivity contribution in [3.05, 3.63) is 34.9 Å². The molecule has 3 aliphatic rings. The topological polar surface area (TPSA) is 165 Å². The second kappa shape index (κ2) is 12.2. The van der Waals surface area contributed by atoms with Gasteiger partial charge in [-0.3, -0.25) is 14.4 Å². The molecule has 0 atom stereocenters. The Balaban J connectivity index is 1.50. The molecule has 1 aromatic rings. The molecule has 4 rings (SSSR count). The molecule has 0 aliphatic heterocycles. The van der Waals surface area contributed by atoms with Crippen LogP contribution in [0.2, 0.25) is 0 Å². The van der Waals surface area contributed by atoms with Gasteiger partial charge in [-0.25, -0.2) is 0 Å². The minimum absolute atomic E-state index is 0.0463. The van der Waals surface area contributed by atoms with Crippen LogP contribution < -0.4 is 33.2 Å². The molecule has 0 aromatic heterocycles. The molecule has 3 amide bonds. The van der Waals surface area contributed by atoms with E-state index in [0.717, 1.165) is 77.0 Å². The summed E-state index contributed by atoms with van der Waals surface area (Å²) in [7, 11) is 0. The van der Waals surface area contributed by atoms with E-state index in [0.29, 0.717) is 16.7 Å². The Bertz CT molecular complexity index is 798. The minimum atomic E-state index is -0.272. The number of nitrogens with one attached hydrogen (secondary N) is 3. The lowest BCUT2D eigenvalue weighted by Crippen LogP contribution is -2.42. The van der Waals surface area contributed by atoms with Gasteiger partial charge in [0, 0.05) is 52.9 Å². The number of benzene rings is 1. The molecular weight excluding hydrogens is 456 g/mol. The van der Waals surface area contributed by atoms with Crippen molar-refractivity contribution in [3.8, 4) is 0 Å². The van der Waals surface area contributed by atoms with Crippen molar-refractivity contribution >= 4 is 17.7 Å². The SMILES string of the molecule is NC1CCC(NC(=O)c2cc(C(=O)NC3CCC(N)CC3)cc(C(=O)NC3CCC(N)CC3)c2)CC1. The van der Waals surface area contributed by atoms with Gasteiger partial charge in [0.15, 0.2) is 0 Å². The third kappa shape index (κ3) is 7.27. The molecule has 198 valence electrons. The van der Waals surface area contributed by atoms with E-state index in [1.165, 1.54) is 0 Å². The van der Waals surface area contributed by atoms with Crippen molar-refractivity contribution in [1.29, 1.82) is 0 Å². The number of rotatable bonds is 6. The Morgan fingerprint density at radius 3 is 0.917 bits per heavy atom. The summed E-state index contributed by atoms with van der Waals surface area (Å²) in [5.74, 6) is -0.815. The highest BCUT2D eigenvalue weighted by Gasteiger charge is 2.26. The minimum Gasteiger partial charge on any atom is -0.349 e. The third-order valence-electron chi connectivity index (χ3n) is 8.04. The maximum absolute atomic E-state index is 13.2. The van der Waals surface area contributed by atoms with Crippen LogP contribution in [0.15, 0.2) is 18.2 Å². The lowest BCUT2D eigenvalue weighted by molar-refractivity contribution is 0.0925. The number of carbonyl (C=O) groups excluding carboxylic acids is 3. The van der Waals surface area contributed by atoms with Crippen LogP contribution in [0.4, 0.5) is 0 Å². The Labute approximate surface area is 213 Å². The molecule has 3 fully saturated rings. The maximum atomic E-state index is 13.2. The van der Waals surface area contributed by atoms with Gasteiger partial charge in [-0.2, -0.15) is 0 Å². The predicted octanol–water partition coefficient (Wildman–Crippen LogP) is 1.69. The van der Waals surface area contributed by atoms with Gasteiger partial charge >= 0.3 is 0 Å². The zero-order chi connectivity index (χ0) is 25.7. The van der Waals surface area contributed by atoms with Crippen molar-refractivity contribution in [2.45, 2.75) is 113 Å². The largest absolute Gasteiger partial charge is 0.349 e. The van der Waals surface area contributed by atoms with Crippen LogP contribution in [-0.4, -0.2) is 54.0 Å². The van der Waals surface area contributed by atoms with Crippen LogP contribution in [-0.2, 0) is 0 Å². The van der Waals surface area contributed by atoms with E-state index in [4.69, 9.17) is 17.2 Å². The van der Waals surface area contributed by atoms with Gasteiger partial charge in [0.25, 0.3) is 17.7 Å². The molecule has 0 bridgehead atoms. The molecule has 0 saturated heterocycles. The highest BCUT2D eigenvalue weighted by Crippen LogP contribution is 2.21. The van der Waals surface area contributed by atoms with Gasteiger partial charge in [0.1, 0.15) is 0 Å². The number of hydrogen-bond acceptors (Lipinski definition) is 6. The second-order valence-corrected chi connectivity index (χ2v) is 11.1. The number of amides is 3. The van der Waals surface area contributed by atoms with Gasteiger partial charge in [-0.05, 0) is 95.2 Å². The van der Waals surface area contributed by atoms with Crippen LogP contribution in [0.25, 0.3) is 0 Å². The molecule has 3 aliphatic carbocycles. The molecule has 9 nitrogen and oxygen atoms in total. The fraction of sp³-hybridized carbons (Fsp3) is 0.667. The lowest BCUT2D eigenvalue weighted by atomic mass is 9.91. The zero-order valence-electron chi connectivity index (χ0n) is 21.1. The summed E-state index contributed by atoms with van der Waals surface area (Å²) in [5, 5.41) is 9.22. The van der Waals surface area contributed by atoms with E-state index in [9.17, 15) is 14.4 Å². The summed E-state index contributed by atoms with van der Waals surface area (Å²) in [6.45, 7) is 0. The van der Waals surface area contributed by atoms with Crippen molar-refractivity contribution in [3.63, 3.8) is 0 Å². The van der Waals surface area contributed by atoms with Crippen LogP contribution in [0, 0.1) is 0 Å². The molecule has 3 saturated carbocycles. The van der Waals surface area contributed by atoms with Crippen LogP contribution >= 0.6 is 0 Å². The summed E-state index contributed by atoms with van der Waals surface area (Å²) in [6.07, 6.45) is 10.2. The molecule has 0 heterocycles. The van der Waals surface area contributed by atoms with Gasteiger partial charge in [-0.1, -0.05) is 0 Å². The summed E-state index contributed by atoms with van der Waals surface area (Å²) >= 11 is 0. The Hall–Kier alpha value is -2.49. The van der Waals surface area contributed by atoms with Crippen LogP contribution in [0.1, 0.15) is 108 Å². The fourth-order valence-corrected chi connectivity index (χ4v) is 5.62. The van der Waals surface area contributed by atoms with Gasteiger partial charge < -0.3 is 33.2 Å². The molecule has 0 unspecified atom stereocenters. The zero-order valence-corrected chi connectivity index (χ0v) is 21.1. The van der Waals surface area contributed by atoms with Crippen LogP contribution in [0.3, 0.4) is 0 Å². The van der Waals surface area contributed by atoms with E-state index < -0.39 is 0 Å². The lowest BCUT2D eigenvalue weighted by Gasteiger charge is -2.28. The molecule has 9 N–H and O–H groups in total. The quantitative estimate of drug-likeness (QED) is 0.349. The normalized spacial score (nSPS) is 30.8. The first-order valence-electron chi connectivity index (χ1n) is 13.6. The number of nitrogens with two attached hydrogens (primary N) is 3. The monoisotopic (exact) mass is 498 g/mol. The van der Waals surface area contributed by atoms with Crippen molar-refractivity contribution < 1.29 is 14.4 Å². The summed E-state index contributed by atoms with van der Waals surface area (Å²) in [6, 6.07) is 5.45. The number of carbonyl (C=O) groups is 3. The van der Waals surface area contributed by atoms with E-state index in [-0.39, 0.29) is 54.0 Å². The van der Waals surface area contributed by atoms with Gasteiger partial charge in [0.2, 0.25) is 0 Å². The smallest absolute Gasteiger partial charge is 0.251 e. The molecule has 0 radical (unpaired) electrons. The molecule has 9 heteroatoms. The highest BCUT2D eigenvalue weighted by molar-refractivity contribution is 6.04. The van der Waals surface area contributed by atoms with Crippen molar-refractivity contribution in [2.75, 3.05) is 0 Å². The fourth-order valence-electron chi connectivity index (χ4n) is 5.62. The maximum Gasteiger partial charge on any atom is 0.251 e. The first kappa shape index (κ1) is 26.6. The summed E-state index contributed by atoms with van der Waals surface area (Å²) in [4.78, 5) is 39.5. The molecule has 36 heavy (non-hydrogen) atoms. The Kier molecular flexibility index (Phi) is 8.98. The molecular formula is C27H42N6O3. The van der Waals surface area contributed by atoms with Gasteiger partial charge in [0.05, 0.1) is 0 Å². The average Bonchev–Trinajstić information content (AvgIpc) is 2.87. The van der Waals surface area contributed by atoms with Crippen LogP contribution in [0.5, 0.6) is 0 Å². The summed E-state index contributed by atoms with van der Waals surface area (Å²) < 4.78 is 0. The highest BCUT2D eigenvalue weighted by atomic mass is 16.2. The van der Waals surface area contributed by atoms with E-state index >= 15 is 0 Å². The van der Waals surface area contributed by atoms with E-state index in [1.54, 1.807) is 18.2 Å². The first-order valence-corrected chi connectivity index (χ1v) is 13.6. The predicted molar refractivity (Wildman–Crippen MR) is 140 cm³/mol.